The lowest BCUT2D eigenvalue weighted by Gasteiger charge is -2.35. The smallest absolute Gasteiger partial charge is 0.240 e. The third-order valence-corrected chi connectivity index (χ3v) is 5.17. The van der Waals surface area contributed by atoms with Crippen LogP contribution >= 0.6 is 0 Å². The molecule has 1 saturated carbocycles. The third-order valence-electron chi connectivity index (χ3n) is 3.63. The van der Waals surface area contributed by atoms with E-state index in [9.17, 15) is 8.42 Å². The summed E-state index contributed by atoms with van der Waals surface area (Å²) in [5, 5.41) is 3.21. The molecule has 2 rings (SSSR count). The fraction of sp³-hybridized carbons (Fsp3) is 0.600. The fourth-order valence-electron chi connectivity index (χ4n) is 2.38. The Morgan fingerprint density at radius 3 is 2.43 bits per heavy atom. The van der Waals surface area contributed by atoms with Gasteiger partial charge in [0, 0.05) is 19.2 Å². The summed E-state index contributed by atoms with van der Waals surface area (Å²) in [7, 11) is -3.42. The van der Waals surface area contributed by atoms with E-state index in [-0.39, 0.29) is 12.1 Å². The molecule has 6 heteroatoms. The minimum atomic E-state index is -3.42. The number of hydrogen-bond donors (Lipinski definition) is 2. The highest BCUT2D eigenvalue weighted by Crippen LogP contribution is 2.25. The van der Waals surface area contributed by atoms with Gasteiger partial charge in [-0.1, -0.05) is 19.1 Å². The first-order valence-corrected chi connectivity index (χ1v) is 8.97. The maximum Gasteiger partial charge on any atom is 0.240 e. The molecule has 0 radical (unpaired) electrons. The van der Waals surface area contributed by atoms with Crippen molar-refractivity contribution < 1.29 is 13.2 Å². The molecule has 1 aromatic rings. The van der Waals surface area contributed by atoms with Gasteiger partial charge >= 0.3 is 0 Å². The van der Waals surface area contributed by atoms with Crippen LogP contribution < -0.4 is 10.0 Å². The highest BCUT2D eigenvalue weighted by molar-refractivity contribution is 7.89. The molecule has 2 N–H and O–H groups in total. The van der Waals surface area contributed by atoms with Crippen molar-refractivity contribution in [3.8, 4) is 0 Å². The molecule has 5 nitrogen and oxygen atoms in total. The molecule has 0 aromatic heterocycles. The molecule has 0 spiro atoms. The Morgan fingerprint density at radius 1 is 1.19 bits per heavy atom. The van der Waals surface area contributed by atoms with E-state index in [1.54, 1.807) is 12.1 Å². The molecule has 0 heterocycles. The standard InChI is InChI=1S/C15H24N2O3S/c1-3-16-11-12-5-7-15(8-6-12)21(18,19)17-13-9-14(10-13)20-4-2/h5-8,13-14,16-17H,3-4,9-11H2,1-2H3. The van der Waals surface area contributed by atoms with Crippen LogP contribution in [0.5, 0.6) is 0 Å². The van der Waals surface area contributed by atoms with Gasteiger partial charge in [-0.2, -0.15) is 0 Å². The zero-order valence-corrected chi connectivity index (χ0v) is 13.4. The second-order valence-electron chi connectivity index (χ2n) is 5.29. The molecule has 1 aromatic carbocycles. The number of benzene rings is 1. The zero-order chi connectivity index (χ0) is 15.3. The molecule has 1 aliphatic rings. The zero-order valence-electron chi connectivity index (χ0n) is 12.6. The molecule has 1 fully saturated rings. The van der Waals surface area contributed by atoms with Crippen molar-refractivity contribution in [3.05, 3.63) is 29.8 Å². The van der Waals surface area contributed by atoms with Crippen molar-refractivity contribution in [1.82, 2.24) is 10.0 Å². The van der Waals surface area contributed by atoms with Gasteiger partial charge in [-0.3, -0.25) is 0 Å². The van der Waals surface area contributed by atoms with Crippen molar-refractivity contribution >= 4 is 10.0 Å². The summed E-state index contributed by atoms with van der Waals surface area (Å²) in [5.74, 6) is 0. The van der Waals surface area contributed by atoms with Gasteiger partial charge in [-0.05, 0) is 44.0 Å². The summed E-state index contributed by atoms with van der Waals surface area (Å²) in [6.07, 6.45) is 1.71. The fourth-order valence-corrected chi connectivity index (χ4v) is 3.64. The topological polar surface area (TPSA) is 67.4 Å². The number of sulfonamides is 1. The Bertz CT molecular complexity index is 537. The maximum atomic E-state index is 12.3. The van der Waals surface area contributed by atoms with E-state index >= 15 is 0 Å². The van der Waals surface area contributed by atoms with Crippen LogP contribution in [0.15, 0.2) is 29.2 Å². The first kappa shape index (κ1) is 16.4. The summed E-state index contributed by atoms with van der Waals surface area (Å²) in [4.78, 5) is 0.322. The lowest BCUT2D eigenvalue weighted by atomic mass is 9.90. The van der Waals surface area contributed by atoms with Crippen LogP contribution in [0.1, 0.15) is 32.3 Å². The summed E-state index contributed by atoms with van der Waals surface area (Å²) in [6.45, 7) is 6.31. The molecule has 0 unspecified atom stereocenters. The number of rotatable bonds is 8. The SMILES string of the molecule is CCNCc1ccc(S(=O)(=O)NC2CC(OCC)C2)cc1. The van der Waals surface area contributed by atoms with E-state index in [0.29, 0.717) is 11.5 Å². The number of nitrogens with one attached hydrogen (secondary N) is 2. The van der Waals surface area contributed by atoms with E-state index < -0.39 is 10.0 Å². The van der Waals surface area contributed by atoms with Crippen molar-refractivity contribution in [1.29, 1.82) is 0 Å². The van der Waals surface area contributed by atoms with Gasteiger partial charge in [0.1, 0.15) is 0 Å². The third kappa shape index (κ3) is 4.51. The van der Waals surface area contributed by atoms with Crippen molar-refractivity contribution in [3.63, 3.8) is 0 Å². The van der Waals surface area contributed by atoms with Gasteiger partial charge in [0.15, 0.2) is 0 Å². The predicted octanol–water partition coefficient (Wildman–Crippen LogP) is 1.64. The van der Waals surface area contributed by atoms with Crippen molar-refractivity contribution in [2.45, 2.75) is 50.3 Å². The molecule has 0 atom stereocenters. The van der Waals surface area contributed by atoms with Gasteiger partial charge in [0.05, 0.1) is 11.0 Å². The number of hydrogen-bond acceptors (Lipinski definition) is 4. The molecule has 21 heavy (non-hydrogen) atoms. The Kier molecular flexibility index (Phi) is 5.75. The lowest BCUT2D eigenvalue weighted by Crippen LogP contribution is -2.47. The molecular weight excluding hydrogens is 288 g/mol. The minimum absolute atomic E-state index is 0.00650. The van der Waals surface area contributed by atoms with Crippen molar-refractivity contribution in [2.24, 2.45) is 0 Å². The van der Waals surface area contributed by atoms with Gasteiger partial charge in [0.2, 0.25) is 10.0 Å². The van der Waals surface area contributed by atoms with Crippen LogP contribution in [0.25, 0.3) is 0 Å². The van der Waals surface area contributed by atoms with Crippen LogP contribution in [0.4, 0.5) is 0 Å². The summed E-state index contributed by atoms with van der Waals surface area (Å²) >= 11 is 0. The van der Waals surface area contributed by atoms with Gasteiger partial charge in [-0.15, -0.1) is 0 Å². The number of ether oxygens (including phenoxy) is 1. The quantitative estimate of drug-likeness (QED) is 0.766. The van der Waals surface area contributed by atoms with E-state index in [1.807, 2.05) is 26.0 Å². The Hall–Kier alpha value is -0.950. The largest absolute Gasteiger partial charge is 0.378 e. The first-order chi connectivity index (χ1) is 10.0. The molecule has 0 aliphatic heterocycles. The minimum Gasteiger partial charge on any atom is -0.378 e. The Labute approximate surface area is 127 Å². The average Bonchev–Trinajstić information content (AvgIpc) is 2.43. The lowest BCUT2D eigenvalue weighted by molar-refractivity contribution is -0.00475. The van der Waals surface area contributed by atoms with Gasteiger partial charge in [0.25, 0.3) is 0 Å². The van der Waals surface area contributed by atoms with Crippen LogP contribution in [0, 0.1) is 0 Å². The first-order valence-electron chi connectivity index (χ1n) is 7.48. The molecule has 0 amide bonds. The Morgan fingerprint density at radius 2 is 1.86 bits per heavy atom. The monoisotopic (exact) mass is 312 g/mol. The molecule has 118 valence electrons. The average molecular weight is 312 g/mol. The van der Waals surface area contributed by atoms with Crippen LogP contribution in [0.3, 0.4) is 0 Å². The van der Waals surface area contributed by atoms with Crippen LogP contribution in [0.2, 0.25) is 0 Å². The molecule has 0 bridgehead atoms. The van der Waals surface area contributed by atoms with Crippen molar-refractivity contribution in [2.75, 3.05) is 13.2 Å². The van der Waals surface area contributed by atoms with E-state index in [2.05, 4.69) is 10.0 Å². The van der Waals surface area contributed by atoms with Gasteiger partial charge in [-0.25, -0.2) is 13.1 Å². The second-order valence-corrected chi connectivity index (χ2v) is 7.01. The van der Waals surface area contributed by atoms with E-state index in [4.69, 9.17) is 4.74 Å². The summed E-state index contributed by atoms with van der Waals surface area (Å²) in [6, 6.07) is 7.01. The Balaban J connectivity index is 1.90. The highest BCUT2D eigenvalue weighted by Gasteiger charge is 2.33. The molecule has 1 aliphatic carbocycles. The van der Waals surface area contributed by atoms with Crippen LogP contribution in [-0.2, 0) is 21.3 Å². The molecular formula is C15H24N2O3S. The summed E-state index contributed by atoms with van der Waals surface area (Å²) in [5.41, 5.74) is 1.08. The second kappa shape index (κ2) is 7.35. The highest BCUT2D eigenvalue weighted by atomic mass is 32.2. The van der Waals surface area contributed by atoms with E-state index in [1.165, 1.54) is 0 Å². The van der Waals surface area contributed by atoms with Gasteiger partial charge < -0.3 is 10.1 Å². The van der Waals surface area contributed by atoms with E-state index in [0.717, 1.165) is 31.5 Å². The van der Waals surface area contributed by atoms with Crippen LogP contribution in [-0.4, -0.2) is 33.7 Å². The molecule has 0 saturated heterocycles. The maximum absolute atomic E-state index is 12.3. The predicted molar refractivity (Wildman–Crippen MR) is 82.6 cm³/mol. The normalized spacial score (nSPS) is 22.0. The summed E-state index contributed by atoms with van der Waals surface area (Å²) < 4.78 is 32.7.